The molecule has 0 saturated heterocycles. The number of nitriles is 1. The fourth-order valence-corrected chi connectivity index (χ4v) is 1.25. The van der Waals surface area contributed by atoms with Gasteiger partial charge >= 0.3 is 5.97 Å². The first-order valence-corrected chi connectivity index (χ1v) is 4.47. The van der Waals surface area contributed by atoms with Gasteiger partial charge in [0.2, 0.25) is 0 Å². The zero-order valence-electron chi connectivity index (χ0n) is 8.78. The minimum absolute atomic E-state index is 0.00773. The van der Waals surface area contributed by atoms with Crippen LogP contribution in [0.1, 0.15) is 23.4 Å². The summed E-state index contributed by atoms with van der Waals surface area (Å²) in [7, 11) is 1.24. The molecular formula is C10H8F2N2O3. The third-order valence-corrected chi connectivity index (χ3v) is 1.96. The average molecular weight is 242 g/mol. The fraction of sp³-hybridized carbons (Fsp3) is 0.300. The Morgan fingerprint density at radius 2 is 2.35 bits per heavy atom. The van der Waals surface area contributed by atoms with Crippen molar-refractivity contribution in [2.45, 2.75) is 12.8 Å². The maximum absolute atomic E-state index is 12.6. The molecular weight excluding hydrogens is 234 g/mol. The lowest BCUT2D eigenvalue weighted by Crippen LogP contribution is -2.08. The Balaban J connectivity index is 3.34. The van der Waals surface area contributed by atoms with E-state index >= 15 is 0 Å². The van der Waals surface area contributed by atoms with Crippen LogP contribution in [0.15, 0.2) is 6.07 Å². The highest BCUT2D eigenvalue weighted by Crippen LogP contribution is 2.26. The van der Waals surface area contributed by atoms with Crippen molar-refractivity contribution in [1.29, 1.82) is 5.26 Å². The van der Waals surface area contributed by atoms with Crippen LogP contribution in [0.5, 0.6) is 5.75 Å². The highest BCUT2D eigenvalue weighted by atomic mass is 19.3. The van der Waals surface area contributed by atoms with Crippen LogP contribution in [0.25, 0.3) is 0 Å². The van der Waals surface area contributed by atoms with Crippen molar-refractivity contribution in [3.8, 4) is 11.8 Å². The molecule has 0 aliphatic carbocycles. The molecule has 0 aliphatic rings. The number of carboxylic acid groups (broad SMARTS) is 1. The number of nitrogens with zero attached hydrogens (tertiary/aromatic N) is 2. The second kappa shape index (κ2) is 5.21. The Bertz CT molecular complexity index is 483. The van der Waals surface area contributed by atoms with Crippen LogP contribution in [0.3, 0.4) is 0 Å². The van der Waals surface area contributed by atoms with Gasteiger partial charge in [0.15, 0.2) is 0 Å². The molecule has 1 heterocycles. The van der Waals surface area contributed by atoms with Gasteiger partial charge < -0.3 is 9.84 Å². The smallest absolute Gasteiger partial charge is 0.309 e. The van der Waals surface area contributed by atoms with Crippen molar-refractivity contribution in [1.82, 2.24) is 4.98 Å². The quantitative estimate of drug-likeness (QED) is 0.865. The van der Waals surface area contributed by atoms with Crippen LogP contribution >= 0.6 is 0 Å². The molecule has 0 bridgehead atoms. The average Bonchev–Trinajstić information content (AvgIpc) is 2.27. The number of methoxy groups -OCH3 is 1. The summed E-state index contributed by atoms with van der Waals surface area (Å²) in [4.78, 5) is 14.0. The van der Waals surface area contributed by atoms with Crippen LogP contribution < -0.4 is 4.74 Å². The third-order valence-electron chi connectivity index (χ3n) is 1.96. The molecule has 17 heavy (non-hydrogen) atoms. The number of aromatic nitrogens is 1. The Labute approximate surface area is 95.3 Å². The topological polar surface area (TPSA) is 83.2 Å². The molecule has 1 rings (SSSR count). The molecule has 0 fully saturated rings. The first-order valence-electron chi connectivity index (χ1n) is 4.47. The zero-order valence-corrected chi connectivity index (χ0v) is 8.78. The molecule has 0 amide bonds. The van der Waals surface area contributed by atoms with Crippen molar-refractivity contribution in [2.24, 2.45) is 0 Å². The number of hydrogen-bond acceptors (Lipinski definition) is 4. The van der Waals surface area contributed by atoms with Crippen molar-refractivity contribution < 1.29 is 23.4 Å². The maximum Gasteiger partial charge on any atom is 0.309 e. The van der Waals surface area contributed by atoms with Crippen LogP contribution in [0, 0.1) is 11.3 Å². The van der Waals surface area contributed by atoms with Crippen molar-refractivity contribution in [3.63, 3.8) is 0 Å². The standard InChI is InChI=1S/C10H8F2N2O3/c1-17-7-2-5(4-13)9(10(11)12)14-6(7)3-8(15)16/h2,10H,3H2,1H3,(H,15,16). The summed E-state index contributed by atoms with van der Waals surface area (Å²) in [6, 6.07) is 2.62. The van der Waals surface area contributed by atoms with E-state index in [-0.39, 0.29) is 17.0 Å². The maximum atomic E-state index is 12.6. The van der Waals surface area contributed by atoms with Crippen LogP contribution in [-0.2, 0) is 11.2 Å². The Morgan fingerprint density at radius 1 is 1.71 bits per heavy atom. The minimum atomic E-state index is -2.94. The molecule has 0 aliphatic heterocycles. The van der Waals surface area contributed by atoms with Gasteiger partial charge in [-0.15, -0.1) is 0 Å². The molecule has 0 saturated carbocycles. The van der Waals surface area contributed by atoms with Crippen molar-refractivity contribution >= 4 is 5.97 Å². The number of rotatable bonds is 4. The number of carbonyl (C=O) groups is 1. The Morgan fingerprint density at radius 3 is 2.76 bits per heavy atom. The van der Waals surface area contributed by atoms with Gasteiger partial charge in [-0.05, 0) is 0 Å². The van der Waals surface area contributed by atoms with Gasteiger partial charge in [0.1, 0.15) is 17.5 Å². The SMILES string of the molecule is COc1cc(C#N)c(C(F)F)nc1CC(=O)O. The van der Waals surface area contributed by atoms with Crippen LogP contribution in [-0.4, -0.2) is 23.2 Å². The summed E-state index contributed by atoms with van der Waals surface area (Å²) < 4.78 is 29.9. The highest BCUT2D eigenvalue weighted by Gasteiger charge is 2.20. The van der Waals surface area contributed by atoms with Crippen molar-refractivity contribution in [2.75, 3.05) is 7.11 Å². The third kappa shape index (κ3) is 2.87. The predicted molar refractivity (Wildman–Crippen MR) is 51.8 cm³/mol. The van der Waals surface area contributed by atoms with Crippen LogP contribution in [0.4, 0.5) is 8.78 Å². The number of alkyl halides is 2. The zero-order chi connectivity index (χ0) is 13.0. The van der Waals surface area contributed by atoms with E-state index in [0.717, 1.165) is 6.07 Å². The largest absolute Gasteiger partial charge is 0.495 e. The molecule has 0 unspecified atom stereocenters. The van der Waals surface area contributed by atoms with Gasteiger partial charge in [-0.2, -0.15) is 5.26 Å². The number of ether oxygens (including phenoxy) is 1. The van der Waals surface area contributed by atoms with Crippen molar-refractivity contribution in [3.05, 3.63) is 23.0 Å². The number of pyridine rings is 1. The summed E-state index contributed by atoms with van der Waals surface area (Å²) in [5, 5.41) is 17.3. The van der Waals surface area contributed by atoms with E-state index in [0.29, 0.717) is 0 Å². The fourth-order valence-electron chi connectivity index (χ4n) is 1.25. The lowest BCUT2D eigenvalue weighted by atomic mass is 10.1. The summed E-state index contributed by atoms with van der Waals surface area (Å²) >= 11 is 0. The minimum Gasteiger partial charge on any atom is -0.495 e. The first-order chi connectivity index (χ1) is 7.99. The lowest BCUT2D eigenvalue weighted by Gasteiger charge is -2.09. The number of carboxylic acids is 1. The van der Waals surface area contributed by atoms with E-state index < -0.39 is 24.5 Å². The van der Waals surface area contributed by atoms with Gasteiger partial charge in [-0.25, -0.2) is 13.8 Å². The summed E-state index contributed by atoms with van der Waals surface area (Å²) in [5.41, 5.74) is -1.19. The highest BCUT2D eigenvalue weighted by molar-refractivity contribution is 5.70. The monoisotopic (exact) mass is 242 g/mol. The summed E-state index contributed by atoms with van der Waals surface area (Å²) in [6.07, 6.45) is -3.49. The first kappa shape index (κ1) is 12.8. The van der Waals surface area contributed by atoms with E-state index in [2.05, 4.69) is 4.98 Å². The van der Waals surface area contributed by atoms with Gasteiger partial charge in [0, 0.05) is 6.07 Å². The molecule has 1 aromatic heterocycles. The van der Waals surface area contributed by atoms with E-state index in [1.54, 1.807) is 6.07 Å². The molecule has 90 valence electrons. The van der Waals surface area contributed by atoms with E-state index in [1.165, 1.54) is 7.11 Å². The second-order valence-corrected chi connectivity index (χ2v) is 3.05. The van der Waals surface area contributed by atoms with E-state index in [4.69, 9.17) is 15.1 Å². The number of hydrogen-bond donors (Lipinski definition) is 1. The number of aliphatic carboxylic acids is 1. The molecule has 1 N–H and O–H groups in total. The van der Waals surface area contributed by atoms with Gasteiger partial charge in [0.25, 0.3) is 6.43 Å². The lowest BCUT2D eigenvalue weighted by molar-refractivity contribution is -0.136. The summed E-state index contributed by atoms with van der Waals surface area (Å²) in [6.45, 7) is 0. The summed E-state index contributed by atoms with van der Waals surface area (Å²) in [5.74, 6) is -1.21. The van der Waals surface area contributed by atoms with Crippen LogP contribution in [0.2, 0.25) is 0 Å². The molecule has 5 nitrogen and oxygen atoms in total. The van der Waals surface area contributed by atoms with Gasteiger partial charge in [0.05, 0.1) is 24.8 Å². The molecule has 0 spiro atoms. The molecule has 0 atom stereocenters. The Kier molecular flexibility index (Phi) is 3.93. The van der Waals surface area contributed by atoms with E-state index in [9.17, 15) is 13.6 Å². The normalized spacial score (nSPS) is 10.1. The molecule has 1 aromatic rings. The molecule has 0 radical (unpaired) electrons. The predicted octanol–water partition coefficient (Wildman–Crippen LogP) is 1.53. The van der Waals surface area contributed by atoms with Gasteiger partial charge in [-0.1, -0.05) is 0 Å². The van der Waals surface area contributed by atoms with E-state index in [1.807, 2.05) is 0 Å². The second-order valence-electron chi connectivity index (χ2n) is 3.05. The number of halogens is 2. The van der Waals surface area contributed by atoms with Gasteiger partial charge in [-0.3, -0.25) is 4.79 Å². The molecule has 7 heteroatoms. The Hall–Kier alpha value is -2.23. The molecule has 0 aromatic carbocycles.